The lowest BCUT2D eigenvalue weighted by Crippen LogP contribution is -2.51. The highest BCUT2D eigenvalue weighted by Gasteiger charge is 2.35. The largest absolute Gasteiger partial charge is 0.382 e. The summed E-state index contributed by atoms with van der Waals surface area (Å²) in [6.45, 7) is 0.529. The lowest BCUT2D eigenvalue weighted by Gasteiger charge is -2.29. The van der Waals surface area contributed by atoms with Gasteiger partial charge in [-0.1, -0.05) is 24.4 Å². The Morgan fingerprint density at radius 1 is 1.53 bits per heavy atom. The number of rotatable bonds is 4. The van der Waals surface area contributed by atoms with Crippen LogP contribution in [0.25, 0.3) is 0 Å². The summed E-state index contributed by atoms with van der Waals surface area (Å²) in [5.41, 5.74) is 0.250. The van der Waals surface area contributed by atoms with Crippen LogP contribution in [0.3, 0.4) is 0 Å². The van der Waals surface area contributed by atoms with Crippen LogP contribution in [0.15, 0.2) is 18.3 Å². The predicted octanol–water partition coefficient (Wildman–Crippen LogP) is 2.82. The Balaban J connectivity index is 1.98. The number of aromatic nitrogens is 1. The van der Waals surface area contributed by atoms with Crippen LogP contribution in [-0.2, 0) is 4.74 Å². The Morgan fingerprint density at radius 3 is 2.89 bits per heavy atom. The average Bonchev–Trinajstić information content (AvgIpc) is 2.81. The first-order chi connectivity index (χ1) is 9.15. The number of amides is 2. The van der Waals surface area contributed by atoms with Gasteiger partial charge in [0.15, 0.2) is 5.15 Å². The van der Waals surface area contributed by atoms with E-state index in [1.165, 1.54) is 0 Å². The van der Waals surface area contributed by atoms with Crippen molar-refractivity contribution in [3.63, 3.8) is 0 Å². The van der Waals surface area contributed by atoms with Crippen molar-refractivity contribution in [3.05, 3.63) is 23.5 Å². The molecule has 0 unspecified atom stereocenters. The van der Waals surface area contributed by atoms with Crippen LogP contribution < -0.4 is 10.6 Å². The Kier molecular flexibility index (Phi) is 4.61. The molecular formula is C13H18ClN3O2. The van der Waals surface area contributed by atoms with Crippen molar-refractivity contribution < 1.29 is 9.53 Å². The Hall–Kier alpha value is -1.33. The highest BCUT2D eigenvalue weighted by Crippen LogP contribution is 2.30. The van der Waals surface area contributed by atoms with Crippen LogP contribution in [0.4, 0.5) is 10.5 Å². The van der Waals surface area contributed by atoms with Gasteiger partial charge in [-0.05, 0) is 25.0 Å². The van der Waals surface area contributed by atoms with Gasteiger partial charge in [0.1, 0.15) is 0 Å². The molecule has 0 saturated heterocycles. The zero-order valence-corrected chi connectivity index (χ0v) is 11.7. The molecule has 2 amide bonds. The van der Waals surface area contributed by atoms with Gasteiger partial charge in [0.2, 0.25) is 0 Å². The van der Waals surface area contributed by atoms with Crippen molar-refractivity contribution in [3.8, 4) is 0 Å². The highest BCUT2D eigenvalue weighted by atomic mass is 35.5. The second-order valence-electron chi connectivity index (χ2n) is 4.84. The molecule has 1 fully saturated rings. The summed E-state index contributed by atoms with van der Waals surface area (Å²) in [5, 5.41) is 6.01. The normalized spacial score (nSPS) is 17.2. The topological polar surface area (TPSA) is 63.2 Å². The highest BCUT2D eigenvalue weighted by molar-refractivity contribution is 6.32. The molecule has 0 aromatic carbocycles. The SMILES string of the molecule is COCC1(NC(=O)Nc2cccnc2Cl)CCCC1. The van der Waals surface area contributed by atoms with E-state index in [4.69, 9.17) is 16.3 Å². The Labute approximate surface area is 117 Å². The number of hydrogen-bond donors (Lipinski definition) is 2. The number of carbonyl (C=O) groups is 1. The molecule has 1 aliphatic rings. The van der Waals surface area contributed by atoms with Gasteiger partial charge in [-0.2, -0.15) is 0 Å². The zero-order chi connectivity index (χ0) is 13.7. The van der Waals surface area contributed by atoms with E-state index in [1.807, 2.05) is 0 Å². The third-order valence-electron chi connectivity index (χ3n) is 3.37. The number of anilines is 1. The fourth-order valence-corrected chi connectivity index (χ4v) is 2.67. The molecule has 5 nitrogen and oxygen atoms in total. The number of methoxy groups -OCH3 is 1. The molecule has 1 heterocycles. The minimum Gasteiger partial charge on any atom is -0.382 e. The van der Waals surface area contributed by atoms with Crippen LogP contribution in [0.1, 0.15) is 25.7 Å². The van der Waals surface area contributed by atoms with Gasteiger partial charge < -0.3 is 15.4 Å². The van der Waals surface area contributed by atoms with Crippen molar-refractivity contribution in [2.24, 2.45) is 0 Å². The van der Waals surface area contributed by atoms with E-state index >= 15 is 0 Å². The monoisotopic (exact) mass is 283 g/mol. The summed E-state index contributed by atoms with van der Waals surface area (Å²) < 4.78 is 5.22. The van der Waals surface area contributed by atoms with E-state index in [2.05, 4.69) is 15.6 Å². The van der Waals surface area contributed by atoms with Crippen LogP contribution in [0.2, 0.25) is 5.15 Å². The Bertz CT molecular complexity index is 447. The van der Waals surface area contributed by atoms with E-state index in [1.54, 1.807) is 25.4 Å². The quantitative estimate of drug-likeness (QED) is 0.835. The molecule has 2 rings (SSSR count). The van der Waals surface area contributed by atoms with Crippen LogP contribution in [0.5, 0.6) is 0 Å². The molecule has 19 heavy (non-hydrogen) atoms. The van der Waals surface area contributed by atoms with Crippen molar-refractivity contribution in [1.29, 1.82) is 0 Å². The number of nitrogens with zero attached hydrogens (tertiary/aromatic N) is 1. The van der Waals surface area contributed by atoms with Crippen molar-refractivity contribution in [1.82, 2.24) is 10.3 Å². The average molecular weight is 284 g/mol. The maximum absolute atomic E-state index is 12.0. The molecule has 1 aromatic rings. The molecule has 0 bridgehead atoms. The number of ether oxygens (including phenoxy) is 1. The molecule has 6 heteroatoms. The minimum atomic E-state index is -0.270. The lowest BCUT2D eigenvalue weighted by molar-refractivity contribution is 0.117. The van der Waals surface area contributed by atoms with E-state index < -0.39 is 0 Å². The summed E-state index contributed by atoms with van der Waals surface area (Å²) in [6, 6.07) is 3.17. The van der Waals surface area contributed by atoms with Gasteiger partial charge >= 0.3 is 6.03 Å². The summed E-state index contributed by atoms with van der Waals surface area (Å²) in [4.78, 5) is 16.0. The lowest BCUT2D eigenvalue weighted by atomic mass is 9.99. The molecular weight excluding hydrogens is 266 g/mol. The molecule has 1 saturated carbocycles. The first kappa shape index (κ1) is 14.1. The minimum absolute atomic E-state index is 0.256. The van der Waals surface area contributed by atoms with Gasteiger partial charge in [0, 0.05) is 13.3 Å². The molecule has 1 aromatic heterocycles. The third kappa shape index (κ3) is 3.58. The molecule has 0 spiro atoms. The van der Waals surface area contributed by atoms with Gasteiger partial charge in [-0.15, -0.1) is 0 Å². The maximum atomic E-state index is 12.0. The number of carbonyl (C=O) groups excluding carboxylic acids is 1. The number of hydrogen-bond acceptors (Lipinski definition) is 3. The maximum Gasteiger partial charge on any atom is 0.319 e. The first-order valence-electron chi connectivity index (χ1n) is 6.34. The smallest absolute Gasteiger partial charge is 0.319 e. The summed E-state index contributed by atoms with van der Waals surface area (Å²) in [5.74, 6) is 0. The first-order valence-corrected chi connectivity index (χ1v) is 6.72. The second kappa shape index (κ2) is 6.21. The number of halogens is 1. The van der Waals surface area contributed by atoms with E-state index in [9.17, 15) is 4.79 Å². The van der Waals surface area contributed by atoms with Gasteiger partial charge in [0.05, 0.1) is 17.8 Å². The molecule has 1 aliphatic carbocycles. The van der Waals surface area contributed by atoms with Gasteiger partial charge in [-0.3, -0.25) is 0 Å². The standard InChI is InChI=1S/C13H18ClN3O2/c1-19-9-13(6-2-3-7-13)17-12(18)16-10-5-4-8-15-11(10)14/h4-5,8H,2-3,6-7,9H2,1H3,(H2,16,17,18). The number of nitrogens with one attached hydrogen (secondary N) is 2. The van der Waals surface area contributed by atoms with Crippen molar-refractivity contribution >= 4 is 23.3 Å². The fraction of sp³-hybridized carbons (Fsp3) is 0.538. The van der Waals surface area contributed by atoms with E-state index in [0.29, 0.717) is 12.3 Å². The van der Waals surface area contributed by atoms with Crippen LogP contribution >= 0.6 is 11.6 Å². The number of urea groups is 1. The summed E-state index contributed by atoms with van der Waals surface area (Å²) >= 11 is 5.90. The molecule has 104 valence electrons. The molecule has 0 atom stereocenters. The number of pyridine rings is 1. The van der Waals surface area contributed by atoms with Crippen molar-refractivity contribution in [2.45, 2.75) is 31.2 Å². The fourth-order valence-electron chi connectivity index (χ4n) is 2.51. The van der Waals surface area contributed by atoms with Crippen LogP contribution in [0, 0.1) is 0 Å². The molecule has 2 N–H and O–H groups in total. The second-order valence-corrected chi connectivity index (χ2v) is 5.20. The molecule has 0 radical (unpaired) electrons. The van der Waals surface area contributed by atoms with Gasteiger partial charge in [0.25, 0.3) is 0 Å². The molecule has 0 aliphatic heterocycles. The van der Waals surface area contributed by atoms with Crippen molar-refractivity contribution in [2.75, 3.05) is 19.0 Å². The predicted molar refractivity (Wildman–Crippen MR) is 74.5 cm³/mol. The van der Waals surface area contributed by atoms with E-state index in [-0.39, 0.29) is 16.7 Å². The van der Waals surface area contributed by atoms with E-state index in [0.717, 1.165) is 25.7 Å². The Morgan fingerprint density at radius 2 is 2.26 bits per heavy atom. The zero-order valence-electron chi connectivity index (χ0n) is 10.9. The third-order valence-corrected chi connectivity index (χ3v) is 3.67. The van der Waals surface area contributed by atoms with Crippen LogP contribution in [-0.4, -0.2) is 30.3 Å². The van der Waals surface area contributed by atoms with Gasteiger partial charge in [-0.25, -0.2) is 9.78 Å². The summed E-state index contributed by atoms with van der Waals surface area (Å²) in [6.07, 6.45) is 5.67. The summed E-state index contributed by atoms with van der Waals surface area (Å²) in [7, 11) is 1.65.